The van der Waals surface area contributed by atoms with Gasteiger partial charge >= 0.3 is 0 Å². The van der Waals surface area contributed by atoms with E-state index in [2.05, 4.69) is 21.6 Å². The second-order valence-electron chi connectivity index (χ2n) is 5.77. The van der Waals surface area contributed by atoms with Gasteiger partial charge in [0.05, 0.1) is 21.8 Å². The molecule has 5 heteroatoms. The molecule has 0 saturated heterocycles. The van der Waals surface area contributed by atoms with Crippen LogP contribution < -0.4 is 4.90 Å². The molecule has 0 spiro atoms. The summed E-state index contributed by atoms with van der Waals surface area (Å²) in [7, 11) is 0. The van der Waals surface area contributed by atoms with Gasteiger partial charge in [-0.15, -0.1) is 0 Å². The van der Waals surface area contributed by atoms with E-state index in [0.29, 0.717) is 22.3 Å². The van der Waals surface area contributed by atoms with Crippen LogP contribution in [0.1, 0.15) is 17.3 Å². The fourth-order valence-corrected chi connectivity index (χ4v) is 3.61. The number of fused-ring (bicyclic) bond motifs is 1. The van der Waals surface area contributed by atoms with Crippen molar-refractivity contribution in [3.8, 4) is 0 Å². The number of rotatable bonds is 2. The first-order chi connectivity index (χ1) is 11.6. The normalized spacial score (nSPS) is 17.0. The maximum Gasteiger partial charge on any atom is 0.154 e. The monoisotopic (exact) mass is 359 g/mol. The molecule has 0 aliphatic carbocycles. The Labute approximate surface area is 150 Å². The maximum absolute atomic E-state index is 14.4. The summed E-state index contributed by atoms with van der Waals surface area (Å²) in [6, 6.07) is 17.3. The fourth-order valence-electron chi connectivity index (χ4n) is 3.31. The van der Waals surface area contributed by atoms with Crippen LogP contribution in [-0.4, -0.2) is 11.1 Å². The molecular formula is C19H14Cl2FN2. The first-order valence-electron chi connectivity index (χ1n) is 7.68. The van der Waals surface area contributed by atoms with Crippen LogP contribution in [0.3, 0.4) is 0 Å². The van der Waals surface area contributed by atoms with Crippen molar-refractivity contribution in [2.75, 3.05) is 11.4 Å². The lowest BCUT2D eigenvalue weighted by molar-refractivity contribution is 0.514. The van der Waals surface area contributed by atoms with Gasteiger partial charge in [0, 0.05) is 31.0 Å². The van der Waals surface area contributed by atoms with E-state index in [1.165, 1.54) is 0 Å². The molecule has 1 aromatic heterocycles. The van der Waals surface area contributed by atoms with Crippen molar-refractivity contribution in [1.82, 2.24) is 4.57 Å². The number of halogens is 3. The Morgan fingerprint density at radius 1 is 1.04 bits per heavy atom. The lowest BCUT2D eigenvalue weighted by atomic mass is 9.99. The molecular weight excluding hydrogens is 346 g/mol. The number of benzene rings is 2. The van der Waals surface area contributed by atoms with Crippen LogP contribution in [0.4, 0.5) is 10.1 Å². The zero-order valence-corrected chi connectivity index (χ0v) is 14.2. The average molecular weight is 360 g/mol. The molecule has 1 radical (unpaired) electrons. The van der Waals surface area contributed by atoms with Crippen LogP contribution in [0, 0.1) is 11.9 Å². The Hall–Kier alpha value is -1.97. The largest absolute Gasteiger partial charge is 0.355 e. The van der Waals surface area contributed by atoms with Gasteiger partial charge in [0.15, 0.2) is 5.82 Å². The quantitative estimate of drug-likeness (QED) is 0.599. The standard InChI is InChI=1S/C19H14Cl2FN2/c20-14-8-7-13(12-15(14)21)19-18-6-3-9-23(18)10-11-24(19)17-5-2-1-4-16(17)22/h1-3,5-9,12,19H,10-11H2. The molecule has 0 saturated carbocycles. The van der Waals surface area contributed by atoms with Crippen molar-refractivity contribution in [2.45, 2.75) is 12.6 Å². The molecule has 1 unspecified atom stereocenters. The third-order valence-corrected chi connectivity index (χ3v) is 5.13. The van der Waals surface area contributed by atoms with Gasteiger partial charge in [-0.1, -0.05) is 41.4 Å². The number of nitrogens with zero attached hydrogens (tertiary/aromatic N) is 2. The van der Waals surface area contributed by atoms with Gasteiger partial charge in [-0.2, -0.15) is 0 Å². The molecule has 3 aromatic rings. The molecule has 1 atom stereocenters. The summed E-state index contributed by atoms with van der Waals surface area (Å²) in [6.07, 6.45) is 2.05. The van der Waals surface area contributed by atoms with Crippen LogP contribution in [-0.2, 0) is 6.54 Å². The molecule has 0 N–H and O–H groups in total. The minimum atomic E-state index is -0.345. The molecule has 4 rings (SSSR count). The van der Waals surface area contributed by atoms with Gasteiger partial charge in [0.2, 0.25) is 0 Å². The molecule has 0 fully saturated rings. The number of hydrogen-bond acceptors (Lipinski definition) is 1. The van der Waals surface area contributed by atoms with Crippen LogP contribution in [0.25, 0.3) is 0 Å². The van der Waals surface area contributed by atoms with Gasteiger partial charge in [-0.05, 0) is 35.9 Å². The summed E-state index contributed by atoms with van der Waals surface area (Å²) in [6.45, 7) is 1.50. The third-order valence-electron chi connectivity index (χ3n) is 4.39. The highest BCUT2D eigenvalue weighted by atomic mass is 35.5. The van der Waals surface area contributed by atoms with Crippen molar-refractivity contribution in [1.29, 1.82) is 0 Å². The SMILES string of the molecule is Fc1[c]cccc1N1CCn2cccc2C1c1ccc(Cl)c(Cl)c1. The van der Waals surface area contributed by atoms with Crippen LogP contribution >= 0.6 is 23.2 Å². The van der Waals surface area contributed by atoms with Crippen molar-refractivity contribution < 1.29 is 4.39 Å². The van der Waals surface area contributed by atoms with Crippen LogP contribution in [0.2, 0.25) is 10.0 Å². The second-order valence-corrected chi connectivity index (χ2v) is 6.58. The molecule has 121 valence electrons. The summed E-state index contributed by atoms with van der Waals surface area (Å²) in [5, 5.41) is 1.01. The highest BCUT2D eigenvalue weighted by molar-refractivity contribution is 6.42. The van der Waals surface area contributed by atoms with Crippen molar-refractivity contribution in [3.63, 3.8) is 0 Å². The molecule has 0 bridgehead atoms. The zero-order valence-electron chi connectivity index (χ0n) is 12.7. The summed E-state index contributed by atoms with van der Waals surface area (Å²) in [5.74, 6) is -0.345. The summed E-state index contributed by atoms with van der Waals surface area (Å²) in [5.41, 5.74) is 2.62. The molecule has 1 aliphatic heterocycles. The Kier molecular flexibility index (Phi) is 3.99. The Morgan fingerprint density at radius 3 is 2.71 bits per heavy atom. The van der Waals surface area contributed by atoms with Crippen molar-refractivity contribution in [3.05, 3.63) is 87.9 Å². The molecule has 1 aliphatic rings. The molecule has 2 nitrogen and oxygen atoms in total. The average Bonchev–Trinajstić information content (AvgIpc) is 3.06. The summed E-state index contributed by atoms with van der Waals surface area (Å²) >= 11 is 12.3. The van der Waals surface area contributed by atoms with Gasteiger partial charge in [0.1, 0.15) is 0 Å². The second kappa shape index (κ2) is 6.15. The van der Waals surface area contributed by atoms with E-state index in [-0.39, 0.29) is 11.9 Å². The topological polar surface area (TPSA) is 8.17 Å². The molecule has 0 amide bonds. The number of anilines is 1. The van der Waals surface area contributed by atoms with E-state index in [0.717, 1.165) is 17.8 Å². The van der Waals surface area contributed by atoms with Crippen LogP contribution in [0.5, 0.6) is 0 Å². The van der Waals surface area contributed by atoms with Crippen molar-refractivity contribution in [2.24, 2.45) is 0 Å². The van der Waals surface area contributed by atoms with E-state index in [9.17, 15) is 4.39 Å². The lowest BCUT2D eigenvalue weighted by Gasteiger charge is -2.39. The minimum Gasteiger partial charge on any atom is -0.355 e. The van der Waals surface area contributed by atoms with Gasteiger partial charge in [0.25, 0.3) is 0 Å². The zero-order chi connectivity index (χ0) is 16.7. The molecule has 2 heterocycles. The minimum absolute atomic E-state index is 0.131. The fraction of sp³-hybridized carbons (Fsp3) is 0.158. The van der Waals surface area contributed by atoms with E-state index < -0.39 is 0 Å². The smallest absolute Gasteiger partial charge is 0.154 e. The lowest BCUT2D eigenvalue weighted by Crippen LogP contribution is -2.39. The van der Waals surface area contributed by atoms with E-state index in [1.54, 1.807) is 24.3 Å². The number of aromatic nitrogens is 1. The van der Waals surface area contributed by atoms with Crippen LogP contribution in [0.15, 0.2) is 54.7 Å². The number of hydrogen-bond donors (Lipinski definition) is 0. The van der Waals surface area contributed by atoms with E-state index in [4.69, 9.17) is 23.2 Å². The first kappa shape index (κ1) is 15.6. The van der Waals surface area contributed by atoms with Gasteiger partial charge in [-0.25, -0.2) is 4.39 Å². The van der Waals surface area contributed by atoms with Crippen molar-refractivity contribution >= 4 is 28.9 Å². The predicted molar refractivity (Wildman–Crippen MR) is 95.3 cm³/mol. The Balaban J connectivity index is 1.87. The van der Waals surface area contributed by atoms with E-state index in [1.807, 2.05) is 24.4 Å². The highest BCUT2D eigenvalue weighted by Gasteiger charge is 2.30. The summed E-state index contributed by atoms with van der Waals surface area (Å²) < 4.78 is 16.5. The highest BCUT2D eigenvalue weighted by Crippen LogP contribution is 2.38. The first-order valence-corrected chi connectivity index (χ1v) is 8.43. The maximum atomic E-state index is 14.4. The predicted octanol–water partition coefficient (Wildman–Crippen LogP) is 5.34. The molecule has 2 aromatic carbocycles. The van der Waals surface area contributed by atoms with Gasteiger partial charge < -0.3 is 9.47 Å². The third kappa shape index (κ3) is 2.58. The Morgan fingerprint density at radius 2 is 1.92 bits per heavy atom. The summed E-state index contributed by atoms with van der Waals surface area (Å²) in [4.78, 5) is 2.06. The van der Waals surface area contributed by atoms with E-state index >= 15 is 0 Å². The molecule has 24 heavy (non-hydrogen) atoms. The Bertz CT molecular complexity index is 891. The van der Waals surface area contributed by atoms with Gasteiger partial charge in [-0.3, -0.25) is 0 Å².